The van der Waals surface area contributed by atoms with Crippen molar-refractivity contribution < 1.29 is 9.63 Å². The van der Waals surface area contributed by atoms with Crippen molar-refractivity contribution in [2.45, 2.75) is 19.8 Å². The number of rotatable bonds is 4. The van der Waals surface area contributed by atoms with Crippen LogP contribution in [-0.2, 0) is 9.63 Å². The zero-order valence-corrected chi connectivity index (χ0v) is 9.20. The Hall–Kier alpha value is -1.35. The number of hydrogen-bond acceptors (Lipinski definition) is 3. The summed E-state index contributed by atoms with van der Waals surface area (Å²) in [6, 6.07) is 7.13. The molecule has 3 nitrogen and oxygen atoms in total. The number of hydrogen-bond donors (Lipinski definition) is 0. The summed E-state index contributed by atoms with van der Waals surface area (Å²) in [5.74, 6) is -0.323. The molecule has 0 aromatic heterocycles. The van der Waals surface area contributed by atoms with E-state index in [1.54, 1.807) is 18.2 Å². The Bertz CT molecular complexity index is 363. The molecule has 1 rings (SSSR count). The van der Waals surface area contributed by atoms with Crippen LogP contribution in [0.2, 0.25) is 5.02 Å². The highest BCUT2D eigenvalue weighted by molar-refractivity contribution is 6.30. The number of oxime groups is 1. The summed E-state index contributed by atoms with van der Waals surface area (Å²) in [6.07, 6.45) is 2.60. The van der Waals surface area contributed by atoms with Crippen LogP contribution in [0.4, 0.5) is 0 Å². The van der Waals surface area contributed by atoms with E-state index in [4.69, 9.17) is 11.6 Å². The first kappa shape index (κ1) is 11.7. The molecule has 1 aromatic carbocycles. The number of benzene rings is 1. The average Bonchev–Trinajstić information content (AvgIpc) is 2.18. The largest absolute Gasteiger partial charge is 0.335 e. The maximum atomic E-state index is 10.9. The molecule has 4 heteroatoms. The Morgan fingerprint density at radius 2 is 2.40 bits per heavy atom. The fourth-order valence-corrected chi connectivity index (χ4v) is 1.18. The van der Waals surface area contributed by atoms with Crippen LogP contribution < -0.4 is 0 Å². The van der Waals surface area contributed by atoms with Crippen LogP contribution in [0, 0.1) is 0 Å². The van der Waals surface area contributed by atoms with Gasteiger partial charge in [0.2, 0.25) is 0 Å². The first-order chi connectivity index (χ1) is 7.22. The molecule has 0 bridgehead atoms. The van der Waals surface area contributed by atoms with E-state index < -0.39 is 0 Å². The van der Waals surface area contributed by atoms with Gasteiger partial charge in [-0.1, -0.05) is 35.8 Å². The molecule has 80 valence electrons. The quantitative estimate of drug-likeness (QED) is 0.449. The van der Waals surface area contributed by atoms with Gasteiger partial charge < -0.3 is 4.84 Å². The van der Waals surface area contributed by atoms with Crippen molar-refractivity contribution in [3.63, 3.8) is 0 Å². The van der Waals surface area contributed by atoms with E-state index in [-0.39, 0.29) is 5.97 Å². The van der Waals surface area contributed by atoms with E-state index >= 15 is 0 Å². The van der Waals surface area contributed by atoms with Crippen molar-refractivity contribution >= 4 is 23.8 Å². The average molecular weight is 226 g/mol. The lowest BCUT2D eigenvalue weighted by atomic mass is 10.2. The minimum Gasteiger partial charge on any atom is -0.318 e. The Kier molecular flexibility index (Phi) is 4.84. The van der Waals surface area contributed by atoms with Gasteiger partial charge in [-0.15, -0.1) is 0 Å². The fourth-order valence-electron chi connectivity index (χ4n) is 0.983. The molecule has 15 heavy (non-hydrogen) atoms. The van der Waals surface area contributed by atoms with E-state index in [2.05, 4.69) is 9.99 Å². The molecule has 0 spiro atoms. The van der Waals surface area contributed by atoms with Crippen molar-refractivity contribution in [3.05, 3.63) is 34.9 Å². The molecule has 0 atom stereocenters. The molecule has 0 heterocycles. The Labute approximate surface area is 93.7 Å². The SMILES string of the molecule is CCCC(=O)O/N=C\c1cccc(Cl)c1. The van der Waals surface area contributed by atoms with Gasteiger partial charge in [0, 0.05) is 11.4 Å². The number of halogens is 1. The molecule has 0 radical (unpaired) electrons. The number of carbonyl (C=O) groups excluding carboxylic acids is 1. The molecular weight excluding hydrogens is 214 g/mol. The van der Waals surface area contributed by atoms with Crippen LogP contribution in [0.15, 0.2) is 29.4 Å². The van der Waals surface area contributed by atoms with Gasteiger partial charge in [-0.05, 0) is 24.1 Å². The third kappa shape index (κ3) is 4.61. The molecule has 0 N–H and O–H groups in total. The van der Waals surface area contributed by atoms with Crippen LogP contribution >= 0.6 is 11.6 Å². The molecule has 0 saturated heterocycles. The molecule has 0 aliphatic heterocycles. The number of nitrogens with zero attached hydrogens (tertiary/aromatic N) is 1. The van der Waals surface area contributed by atoms with Gasteiger partial charge in [-0.2, -0.15) is 0 Å². The van der Waals surface area contributed by atoms with Crippen molar-refractivity contribution in [3.8, 4) is 0 Å². The van der Waals surface area contributed by atoms with Crippen molar-refractivity contribution in [2.24, 2.45) is 5.16 Å². The molecule has 0 amide bonds. The summed E-state index contributed by atoms with van der Waals surface area (Å²) in [7, 11) is 0. The highest BCUT2D eigenvalue weighted by atomic mass is 35.5. The first-order valence-corrected chi connectivity index (χ1v) is 5.09. The molecule has 1 aromatic rings. The predicted octanol–water partition coefficient (Wildman–Crippen LogP) is 3.02. The normalized spacial score (nSPS) is 10.5. The second-order valence-corrected chi connectivity index (χ2v) is 3.44. The van der Waals surface area contributed by atoms with Crippen LogP contribution in [-0.4, -0.2) is 12.2 Å². The van der Waals surface area contributed by atoms with Crippen LogP contribution in [0.1, 0.15) is 25.3 Å². The summed E-state index contributed by atoms with van der Waals surface area (Å²) in [6.45, 7) is 1.90. The Balaban J connectivity index is 2.48. The zero-order valence-electron chi connectivity index (χ0n) is 8.44. The topological polar surface area (TPSA) is 38.7 Å². The fraction of sp³-hybridized carbons (Fsp3) is 0.273. The molecular formula is C11H12ClNO2. The van der Waals surface area contributed by atoms with Crippen molar-refractivity contribution in [1.29, 1.82) is 0 Å². The van der Waals surface area contributed by atoms with E-state index in [0.717, 1.165) is 12.0 Å². The first-order valence-electron chi connectivity index (χ1n) is 4.71. The predicted molar refractivity (Wildman–Crippen MR) is 60.0 cm³/mol. The van der Waals surface area contributed by atoms with Gasteiger partial charge in [-0.3, -0.25) is 0 Å². The van der Waals surface area contributed by atoms with E-state index in [9.17, 15) is 4.79 Å². The highest BCUT2D eigenvalue weighted by Crippen LogP contribution is 2.08. The van der Waals surface area contributed by atoms with Gasteiger partial charge in [0.1, 0.15) is 0 Å². The minimum atomic E-state index is -0.323. The third-order valence-corrected chi connectivity index (χ3v) is 1.89. The van der Waals surface area contributed by atoms with Gasteiger partial charge in [0.25, 0.3) is 0 Å². The van der Waals surface area contributed by atoms with Gasteiger partial charge in [0.05, 0.1) is 6.21 Å². The molecule has 0 aliphatic rings. The zero-order chi connectivity index (χ0) is 11.1. The number of carbonyl (C=O) groups is 1. The standard InChI is InChI=1S/C11H12ClNO2/c1-2-4-11(14)15-13-8-9-5-3-6-10(12)7-9/h3,5-8H,2,4H2,1H3/b13-8-. The molecule has 0 fully saturated rings. The maximum absolute atomic E-state index is 10.9. The van der Waals surface area contributed by atoms with E-state index in [0.29, 0.717) is 11.4 Å². The van der Waals surface area contributed by atoms with Gasteiger partial charge in [0.15, 0.2) is 0 Å². The monoisotopic (exact) mass is 225 g/mol. The van der Waals surface area contributed by atoms with E-state index in [1.807, 2.05) is 13.0 Å². The lowest BCUT2D eigenvalue weighted by Crippen LogP contribution is -1.98. The third-order valence-electron chi connectivity index (χ3n) is 1.66. The smallest absolute Gasteiger partial charge is 0.318 e. The van der Waals surface area contributed by atoms with Crippen molar-refractivity contribution in [1.82, 2.24) is 0 Å². The minimum absolute atomic E-state index is 0.323. The highest BCUT2D eigenvalue weighted by Gasteiger charge is 1.98. The van der Waals surface area contributed by atoms with Crippen molar-refractivity contribution in [2.75, 3.05) is 0 Å². The summed E-state index contributed by atoms with van der Waals surface area (Å²) < 4.78 is 0. The lowest BCUT2D eigenvalue weighted by molar-refractivity contribution is -0.143. The van der Waals surface area contributed by atoms with E-state index in [1.165, 1.54) is 6.21 Å². The summed E-state index contributed by atoms with van der Waals surface area (Å²) in [5.41, 5.74) is 0.798. The molecule has 0 unspecified atom stereocenters. The van der Waals surface area contributed by atoms with Gasteiger partial charge in [-0.25, -0.2) is 4.79 Å². The maximum Gasteiger partial charge on any atom is 0.335 e. The Morgan fingerprint density at radius 1 is 1.60 bits per heavy atom. The van der Waals surface area contributed by atoms with Crippen LogP contribution in [0.5, 0.6) is 0 Å². The summed E-state index contributed by atoms with van der Waals surface area (Å²) >= 11 is 5.77. The second kappa shape index (κ2) is 6.19. The Morgan fingerprint density at radius 3 is 3.07 bits per heavy atom. The second-order valence-electron chi connectivity index (χ2n) is 3.00. The summed E-state index contributed by atoms with van der Waals surface area (Å²) in [4.78, 5) is 15.6. The lowest BCUT2D eigenvalue weighted by Gasteiger charge is -1.95. The van der Waals surface area contributed by atoms with Gasteiger partial charge >= 0.3 is 5.97 Å². The summed E-state index contributed by atoms with van der Waals surface area (Å²) in [5, 5.41) is 4.19. The molecule has 0 saturated carbocycles. The van der Waals surface area contributed by atoms with Crippen LogP contribution in [0.25, 0.3) is 0 Å². The molecule has 0 aliphatic carbocycles. The van der Waals surface area contributed by atoms with Crippen LogP contribution in [0.3, 0.4) is 0 Å².